The average Bonchev–Trinajstić information content (AvgIpc) is 3.07. The Balaban J connectivity index is 2.23. The number of hydrogen-bond acceptors (Lipinski definition) is 11. The van der Waals surface area contributed by atoms with Crippen LogP contribution in [0.2, 0.25) is 0 Å². The number of carbonyl (C=O) groups excluding carboxylic acids is 2. The molecule has 0 aliphatic carbocycles. The van der Waals surface area contributed by atoms with Crippen molar-refractivity contribution in [3.05, 3.63) is 11.8 Å². The van der Waals surface area contributed by atoms with Crippen molar-refractivity contribution in [2.24, 2.45) is 0 Å². The van der Waals surface area contributed by atoms with Gasteiger partial charge in [-0.15, -0.1) is 0 Å². The molecule has 2 fully saturated rings. The molecule has 2 saturated heterocycles. The molecule has 0 aromatic carbocycles. The lowest BCUT2D eigenvalue weighted by Gasteiger charge is -2.26. The first kappa shape index (κ1) is 24.5. The van der Waals surface area contributed by atoms with Crippen LogP contribution in [0, 0.1) is 0 Å². The predicted octanol–water partition coefficient (Wildman–Crippen LogP) is 0.196. The molecule has 0 saturated carbocycles. The molecule has 11 nitrogen and oxygen atoms in total. The van der Waals surface area contributed by atoms with Gasteiger partial charge in [0.2, 0.25) is 0 Å². The van der Waals surface area contributed by atoms with E-state index >= 15 is 0 Å². The number of hydrogen-bond donors (Lipinski definition) is 1. The fourth-order valence-electron chi connectivity index (χ4n) is 3.26. The number of ether oxygens (including phenoxy) is 5. The van der Waals surface area contributed by atoms with E-state index in [1.165, 1.54) is 0 Å². The predicted molar refractivity (Wildman–Crippen MR) is 102 cm³/mol. The minimum absolute atomic E-state index is 0.0771. The fourth-order valence-corrected chi connectivity index (χ4v) is 3.92. The molecule has 0 aromatic rings. The minimum Gasteiger partial charge on any atom is -0.462 e. The van der Waals surface area contributed by atoms with Crippen molar-refractivity contribution in [1.82, 2.24) is 5.32 Å². The van der Waals surface area contributed by atoms with E-state index in [9.17, 15) is 18.0 Å². The molecule has 2 aliphatic rings. The third-order valence-corrected chi connectivity index (χ3v) is 4.91. The smallest absolute Gasteiger partial charge is 0.347 e. The van der Waals surface area contributed by atoms with Crippen LogP contribution in [0.4, 0.5) is 0 Å². The van der Waals surface area contributed by atoms with Crippen molar-refractivity contribution in [3.63, 3.8) is 0 Å². The van der Waals surface area contributed by atoms with E-state index in [4.69, 9.17) is 27.9 Å². The fraction of sp³-hybridized carbons (Fsp3) is 0.778. The van der Waals surface area contributed by atoms with Gasteiger partial charge in [-0.25, -0.2) is 9.59 Å². The van der Waals surface area contributed by atoms with E-state index in [-0.39, 0.29) is 18.8 Å². The quantitative estimate of drug-likeness (QED) is 0.169. The van der Waals surface area contributed by atoms with Crippen LogP contribution in [-0.4, -0.2) is 76.3 Å². The topological polar surface area (TPSA) is 136 Å². The van der Waals surface area contributed by atoms with Gasteiger partial charge in [0.1, 0.15) is 24.4 Å². The standard InChI is InChI=1S/C18H29NO10S/c1-7-24-16(20)11(17(21)25-8-2)9-19-15-14-13(27-18(4,5)28-14)12(26-15)10(3)29-30(6,22)23/h9-10,12-15,19H,7-8H2,1-6H3/t10-,12-,13+,14+,15-/m0/s1. The van der Waals surface area contributed by atoms with Crippen molar-refractivity contribution in [2.75, 3.05) is 19.5 Å². The maximum absolute atomic E-state index is 12.1. The lowest BCUT2D eigenvalue weighted by atomic mass is 10.1. The van der Waals surface area contributed by atoms with Gasteiger partial charge in [0.05, 0.1) is 19.5 Å². The van der Waals surface area contributed by atoms with Crippen LogP contribution in [0.3, 0.4) is 0 Å². The largest absolute Gasteiger partial charge is 0.462 e. The first-order chi connectivity index (χ1) is 13.9. The van der Waals surface area contributed by atoms with Crippen molar-refractivity contribution < 1.29 is 45.9 Å². The van der Waals surface area contributed by atoms with Gasteiger partial charge in [-0.1, -0.05) is 0 Å². The van der Waals surface area contributed by atoms with Crippen LogP contribution in [0.25, 0.3) is 0 Å². The summed E-state index contributed by atoms with van der Waals surface area (Å²) in [4.78, 5) is 24.2. The minimum atomic E-state index is -3.73. The van der Waals surface area contributed by atoms with E-state index in [1.807, 2.05) is 0 Å². The Kier molecular flexibility index (Phi) is 7.85. The molecule has 12 heteroatoms. The highest BCUT2D eigenvalue weighted by Gasteiger charge is 2.57. The Morgan fingerprint density at radius 3 is 2.13 bits per heavy atom. The Hall–Kier alpha value is -1.73. The monoisotopic (exact) mass is 451 g/mol. The summed E-state index contributed by atoms with van der Waals surface area (Å²) in [5.74, 6) is -2.66. The van der Waals surface area contributed by atoms with Crippen LogP contribution >= 0.6 is 0 Å². The zero-order valence-corrected chi connectivity index (χ0v) is 18.7. The maximum Gasteiger partial charge on any atom is 0.347 e. The first-order valence-electron chi connectivity index (χ1n) is 9.58. The summed E-state index contributed by atoms with van der Waals surface area (Å²) in [5.41, 5.74) is -0.346. The summed E-state index contributed by atoms with van der Waals surface area (Å²) in [6.07, 6.45) is -1.73. The third-order valence-electron chi connectivity index (χ3n) is 4.26. The maximum atomic E-state index is 12.1. The molecular formula is C18H29NO10S. The molecule has 0 aromatic heterocycles. The van der Waals surface area contributed by atoms with Gasteiger partial charge in [-0.2, -0.15) is 8.42 Å². The molecule has 2 aliphatic heterocycles. The van der Waals surface area contributed by atoms with Crippen molar-refractivity contribution in [2.45, 2.75) is 71.0 Å². The van der Waals surface area contributed by atoms with Crippen molar-refractivity contribution in [3.8, 4) is 0 Å². The molecule has 1 N–H and O–H groups in total. The molecule has 0 bridgehead atoms. The molecule has 0 spiro atoms. The summed E-state index contributed by atoms with van der Waals surface area (Å²) in [6.45, 7) is 8.33. The highest BCUT2D eigenvalue weighted by atomic mass is 32.2. The Labute approximate surface area is 176 Å². The van der Waals surface area contributed by atoms with Crippen LogP contribution in [-0.2, 0) is 47.6 Å². The van der Waals surface area contributed by atoms with E-state index in [2.05, 4.69) is 5.32 Å². The summed E-state index contributed by atoms with van der Waals surface area (Å²) in [7, 11) is -3.73. The molecule has 0 unspecified atom stereocenters. The lowest BCUT2D eigenvalue weighted by molar-refractivity contribution is -0.196. The van der Waals surface area contributed by atoms with E-state index in [0.29, 0.717) is 0 Å². The molecule has 2 heterocycles. The normalized spacial score (nSPS) is 28.3. The van der Waals surface area contributed by atoms with Crippen molar-refractivity contribution in [1.29, 1.82) is 0 Å². The highest BCUT2D eigenvalue weighted by molar-refractivity contribution is 7.86. The Morgan fingerprint density at radius 2 is 1.63 bits per heavy atom. The first-order valence-corrected chi connectivity index (χ1v) is 11.4. The lowest BCUT2D eigenvalue weighted by Crippen LogP contribution is -2.39. The number of nitrogens with one attached hydrogen (secondary N) is 1. The van der Waals surface area contributed by atoms with E-state index in [0.717, 1.165) is 12.5 Å². The molecule has 5 atom stereocenters. The average molecular weight is 451 g/mol. The van der Waals surface area contributed by atoms with Gasteiger partial charge in [-0.05, 0) is 34.6 Å². The number of rotatable bonds is 9. The summed E-state index contributed by atoms with van der Waals surface area (Å²) in [6, 6.07) is 0. The molecule has 0 amide bonds. The van der Waals surface area contributed by atoms with Gasteiger partial charge in [0.25, 0.3) is 10.1 Å². The summed E-state index contributed by atoms with van der Waals surface area (Å²) >= 11 is 0. The highest BCUT2D eigenvalue weighted by Crippen LogP contribution is 2.39. The van der Waals surface area contributed by atoms with E-state index < -0.39 is 58.5 Å². The number of carbonyl (C=O) groups is 2. The molecule has 2 rings (SSSR count). The third kappa shape index (κ3) is 6.14. The second-order valence-electron chi connectivity index (χ2n) is 7.26. The summed E-state index contributed by atoms with van der Waals surface area (Å²) < 4.78 is 55.4. The van der Waals surface area contributed by atoms with Crippen LogP contribution in [0.15, 0.2) is 11.8 Å². The summed E-state index contributed by atoms with van der Waals surface area (Å²) in [5, 5.41) is 2.82. The number of fused-ring (bicyclic) bond motifs is 1. The van der Waals surface area contributed by atoms with Crippen LogP contribution < -0.4 is 5.32 Å². The molecule has 30 heavy (non-hydrogen) atoms. The Morgan fingerprint density at radius 1 is 1.10 bits per heavy atom. The Bertz CT molecular complexity index is 758. The van der Waals surface area contributed by atoms with E-state index in [1.54, 1.807) is 34.6 Å². The van der Waals surface area contributed by atoms with Gasteiger partial charge < -0.3 is 29.0 Å². The second kappa shape index (κ2) is 9.60. The van der Waals surface area contributed by atoms with Gasteiger partial charge in [-0.3, -0.25) is 4.18 Å². The van der Waals surface area contributed by atoms with Crippen molar-refractivity contribution >= 4 is 22.1 Å². The van der Waals surface area contributed by atoms with Crippen LogP contribution in [0.1, 0.15) is 34.6 Å². The zero-order valence-electron chi connectivity index (χ0n) is 17.9. The molecule has 172 valence electrons. The molecular weight excluding hydrogens is 422 g/mol. The van der Waals surface area contributed by atoms with Gasteiger partial charge in [0.15, 0.2) is 17.6 Å². The SMILES string of the molecule is CCOC(=O)C(=CN[C@H]1O[C@@H]([C@H](C)OS(C)(=O)=O)[C@H]2OC(C)(C)O[C@H]21)C(=O)OCC. The second-order valence-corrected chi connectivity index (χ2v) is 8.86. The number of esters is 2. The van der Waals surface area contributed by atoms with Gasteiger partial charge in [0, 0.05) is 6.20 Å². The molecule has 0 radical (unpaired) electrons. The van der Waals surface area contributed by atoms with Crippen LogP contribution in [0.5, 0.6) is 0 Å². The zero-order chi connectivity index (χ0) is 22.7. The van der Waals surface area contributed by atoms with Gasteiger partial charge >= 0.3 is 11.9 Å².